The third-order valence-electron chi connectivity index (χ3n) is 4.65. The third-order valence-corrected chi connectivity index (χ3v) is 4.65. The van der Waals surface area contributed by atoms with Crippen molar-refractivity contribution >= 4 is 0 Å². The van der Waals surface area contributed by atoms with E-state index < -0.39 is 11.6 Å². The summed E-state index contributed by atoms with van der Waals surface area (Å²) in [7, 11) is 0. The Balaban J connectivity index is 2.32. The van der Waals surface area contributed by atoms with Crippen LogP contribution >= 0.6 is 0 Å². The molecule has 1 saturated carbocycles. The molecule has 19 heavy (non-hydrogen) atoms. The van der Waals surface area contributed by atoms with Crippen LogP contribution < -0.4 is 5.73 Å². The average molecular weight is 267 g/mol. The van der Waals surface area contributed by atoms with Crippen LogP contribution in [0.5, 0.6) is 0 Å². The van der Waals surface area contributed by atoms with Gasteiger partial charge in [0.15, 0.2) is 0 Å². The SMILES string of the molecule is CC(C)C1CCC(CN)C(c2c(F)cccc2F)C1. The summed E-state index contributed by atoms with van der Waals surface area (Å²) in [5.74, 6) is 0.359. The fraction of sp³-hybridized carbons (Fsp3) is 0.625. The molecular weight excluding hydrogens is 244 g/mol. The maximum Gasteiger partial charge on any atom is 0.129 e. The van der Waals surface area contributed by atoms with Crippen LogP contribution in [0.2, 0.25) is 0 Å². The van der Waals surface area contributed by atoms with Gasteiger partial charge in [0.25, 0.3) is 0 Å². The largest absolute Gasteiger partial charge is 0.330 e. The van der Waals surface area contributed by atoms with Crippen molar-refractivity contribution < 1.29 is 8.78 Å². The maximum absolute atomic E-state index is 14.0. The molecule has 0 bridgehead atoms. The van der Waals surface area contributed by atoms with Gasteiger partial charge in [-0.1, -0.05) is 19.9 Å². The van der Waals surface area contributed by atoms with E-state index in [0.717, 1.165) is 19.3 Å². The smallest absolute Gasteiger partial charge is 0.129 e. The van der Waals surface area contributed by atoms with Crippen LogP contribution in [0.4, 0.5) is 8.78 Å². The van der Waals surface area contributed by atoms with Crippen molar-refractivity contribution in [1.82, 2.24) is 0 Å². The summed E-state index contributed by atoms with van der Waals surface area (Å²) in [6.45, 7) is 4.87. The molecule has 1 aliphatic carbocycles. The number of benzene rings is 1. The Morgan fingerprint density at radius 3 is 2.37 bits per heavy atom. The van der Waals surface area contributed by atoms with Crippen molar-refractivity contribution in [2.24, 2.45) is 23.5 Å². The van der Waals surface area contributed by atoms with Gasteiger partial charge in [0, 0.05) is 5.56 Å². The van der Waals surface area contributed by atoms with Crippen molar-refractivity contribution in [3.05, 3.63) is 35.4 Å². The van der Waals surface area contributed by atoms with Crippen molar-refractivity contribution in [2.45, 2.75) is 39.0 Å². The molecule has 0 heterocycles. The van der Waals surface area contributed by atoms with Crippen LogP contribution in [-0.2, 0) is 0 Å². The van der Waals surface area contributed by atoms with Crippen LogP contribution in [0.3, 0.4) is 0 Å². The highest BCUT2D eigenvalue weighted by atomic mass is 19.1. The Kier molecular flexibility index (Phi) is 4.56. The molecule has 2 N–H and O–H groups in total. The van der Waals surface area contributed by atoms with E-state index in [2.05, 4.69) is 13.8 Å². The van der Waals surface area contributed by atoms with Crippen molar-refractivity contribution in [1.29, 1.82) is 0 Å². The fourth-order valence-electron chi connectivity index (χ4n) is 3.37. The van der Waals surface area contributed by atoms with Crippen LogP contribution in [0, 0.1) is 29.4 Å². The molecule has 3 heteroatoms. The molecule has 0 aliphatic heterocycles. The summed E-state index contributed by atoms with van der Waals surface area (Å²) in [5, 5.41) is 0. The van der Waals surface area contributed by atoms with Gasteiger partial charge < -0.3 is 5.73 Å². The fourth-order valence-corrected chi connectivity index (χ4v) is 3.37. The second-order valence-corrected chi connectivity index (χ2v) is 6.05. The number of nitrogens with two attached hydrogens (primary N) is 1. The van der Waals surface area contributed by atoms with Crippen LogP contribution in [0.15, 0.2) is 18.2 Å². The highest BCUT2D eigenvalue weighted by Crippen LogP contribution is 2.44. The molecule has 3 unspecified atom stereocenters. The Morgan fingerprint density at radius 2 is 1.84 bits per heavy atom. The molecule has 1 aliphatic rings. The van der Waals surface area contributed by atoms with Gasteiger partial charge in [-0.3, -0.25) is 0 Å². The number of hydrogen-bond donors (Lipinski definition) is 1. The van der Waals surface area contributed by atoms with Crippen molar-refractivity contribution in [3.8, 4) is 0 Å². The quantitative estimate of drug-likeness (QED) is 0.877. The molecule has 0 aromatic heterocycles. The monoisotopic (exact) mass is 267 g/mol. The molecule has 3 atom stereocenters. The van der Waals surface area contributed by atoms with Gasteiger partial charge in [-0.05, 0) is 61.6 Å². The highest BCUT2D eigenvalue weighted by Gasteiger charge is 2.34. The number of halogens is 2. The molecule has 106 valence electrons. The van der Waals surface area contributed by atoms with Gasteiger partial charge in [0.05, 0.1) is 0 Å². The first-order valence-corrected chi connectivity index (χ1v) is 7.18. The van der Waals surface area contributed by atoms with Crippen LogP contribution in [-0.4, -0.2) is 6.54 Å². The second kappa shape index (κ2) is 6.00. The van der Waals surface area contributed by atoms with E-state index in [1.807, 2.05) is 0 Å². The Bertz CT molecular complexity index is 411. The molecule has 0 spiro atoms. The normalized spacial score (nSPS) is 27.8. The summed E-state index contributed by atoms with van der Waals surface area (Å²) in [4.78, 5) is 0. The van der Waals surface area contributed by atoms with Crippen molar-refractivity contribution in [2.75, 3.05) is 6.54 Å². The van der Waals surface area contributed by atoms with Gasteiger partial charge in [0.2, 0.25) is 0 Å². The van der Waals surface area contributed by atoms with Gasteiger partial charge >= 0.3 is 0 Å². The molecule has 2 rings (SSSR count). The standard InChI is InChI=1S/C16H23F2N/c1-10(2)11-6-7-12(9-19)13(8-11)16-14(17)4-3-5-15(16)18/h3-5,10-13H,6-9,19H2,1-2H3. The lowest BCUT2D eigenvalue weighted by molar-refractivity contribution is 0.192. The minimum Gasteiger partial charge on any atom is -0.330 e. The van der Waals surface area contributed by atoms with E-state index in [0.29, 0.717) is 18.4 Å². The number of rotatable bonds is 3. The molecule has 1 aromatic carbocycles. The number of hydrogen-bond acceptors (Lipinski definition) is 1. The molecule has 0 amide bonds. The summed E-state index contributed by atoms with van der Waals surface area (Å²) in [5.41, 5.74) is 6.06. The first kappa shape index (κ1) is 14.4. The topological polar surface area (TPSA) is 26.0 Å². The van der Waals surface area contributed by atoms with Gasteiger partial charge in [-0.25, -0.2) is 8.78 Å². The Labute approximate surface area is 114 Å². The maximum atomic E-state index is 14.0. The molecule has 1 aromatic rings. The predicted molar refractivity (Wildman–Crippen MR) is 73.8 cm³/mol. The van der Waals surface area contributed by atoms with E-state index in [1.54, 1.807) is 0 Å². The lowest BCUT2D eigenvalue weighted by Crippen LogP contribution is -2.31. The first-order valence-electron chi connectivity index (χ1n) is 7.18. The Hall–Kier alpha value is -0.960. The predicted octanol–water partition coefficient (Wildman–Crippen LogP) is 4.08. The molecular formula is C16H23F2N. The van der Waals surface area contributed by atoms with Gasteiger partial charge in [-0.2, -0.15) is 0 Å². The zero-order valence-corrected chi connectivity index (χ0v) is 11.7. The third kappa shape index (κ3) is 2.97. The summed E-state index contributed by atoms with van der Waals surface area (Å²) in [6, 6.07) is 4.13. The lowest BCUT2D eigenvalue weighted by Gasteiger charge is -2.38. The summed E-state index contributed by atoms with van der Waals surface area (Å²) >= 11 is 0. The molecule has 0 radical (unpaired) electrons. The van der Waals surface area contributed by atoms with Crippen LogP contribution in [0.25, 0.3) is 0 Å². The average Bonchev–Trinajstić information content (AvgIpc) is 2.38. The van der Waals surface area contributed by atoms with E-state index in [-0.39, 0.29) is 17.4 Å². The zero-order valence-electron chi connectivity index (χ0n) is 11.7. The van der Waals surface area contributed by atoms with Crippen molar-refractivity contribution in [3.63, 3.8) is 0 Å². The van der Waals surface area contributed by atoms with E-state index in [9.17, 15) is 8.78 Å². The first-order chi connectivity index (χ1) is 9.04. The van der Waals surface area contributed by atoms with E-state index in [4.69, 9.17) is 5.73 Å². The lowest BCUT2D eigenvalue weighted by atomic mass is 9.68. The Morgan fingerprint density at radius 1 is 1.21 bits per heavy atom. The molecule has 1 fully saturated rings. The van der Waals surface area contributed by atoms with Crippen LogP contribution in [0.1, 0.15) is 44.6 Å². The van der Waals surface area contributed by atoms with Gasteiger partial charge in [-0.15, -0.1) is 0 Å². The summed E-state index contributed by atoms with van der Waals surface area (Å²) < 4.78 is 28.0. The zero-order chi connectivity index (χ0) is 14.0. The van der Waals surface area contributed by atoms with E-state index in [1.165, 1.54) is 18.2 Å². The summed E-state index contributed by atoms with van der Waals surface area (Å²) in [6.07, 6.45) is 2.93. The molecule has 1 nitrogen and oxygen atoms in total. The highest BCUT2D eigenvalue weighted by molar-refractivity contribution is 5.25. The van der Waals surface area contributed by atoms with E-state index >= 15 is 0 Å². The second-order valence-electron chi connectivity index (χ2n) is 6.05. The molecule has 0 saturated heterocycles. The minimum atomic E-state index is -0.423. The van der Waals surface area contributed by atoms with Gasteiger partial charge in [0.1, 0.15) is 11.6 Å². The minimum absolute atomic E-state index is 0.0765.